The largest absolute Gasteiger partial charge is 0.497 e. The second-order valence-corrected chi connectivity index (χ2v) is 6.12. The zero-order valence-electron chi connectivity index (χ0n) is 13.7. The molecule has 2 aromatic rings. The van der Waals surface area contributed by atoms with Crippen LogP contribution in [0.25, 0.3) is 11.4 Å². The summed E-state index contributed by atoms with van der Waals surface area (Å²) in [6.45, 7) is 3.86. The van der Waals surface area contributed by atoms with Gasteiger partial charge < -0.3 is 18.7 Å². The van der Waals surface area contributed by atoms with E-state index in [4.69, 9.17) is 18.7 Å². The van der Waals surface area contributed by atoms with E-state index >= 15 is 0 Å². The van der Waals surface area contributed by atoms with Crippen molar-refractivity contribution < 1.29 is 18.7 Å². The summed E-state index contributed by atoms with van der Waals surface area (Å²) in [4.78, 5) is 6.79. The highest BCUT2D eigenvalue weighted by molar-refractivity contribution is 5.55. The van der Waals surface area contributed by atoms with Gasteiger partial charge in [-0.2, -0.15) is 4.98 Å². The van der Waals surface area contributed by atoms with Gasteiger partial charge in [-0.3, -0.25) is 4.90 Å². The fraction of sp³-hybridized carbons (Fsp3) is 0.529. The topological polar surface area (TPSA) is 69.9 Å². The molecule has 0 radical (unpaired) electrons. The minimum atomic E-state index is -0.348. The second kappa shape index (κ2) is 6.51. The molecule has 2 aliphatic heterocycles. The molecule has 7 nitrogen and oxygen atoms in total. The van der Waals surface area contributed by atoms with Gasteiger partial charge in [0.15, 0.2) is 5.79 Å². The number of piperidine rings is 1. The van der Waals surface area contributed by atoms with E-state index in [2.05, 4.69) is 15.0 Å². The third-order valence-electron chi connectivity index (χ3n) is 4.61. The first kappa shape index (κ1) is 15.6. The maximum atomic E-state index is 5.75. The number of rotatable bonds is 4. The molecule has 0 bridgehead atoms. The van der Waals surface area contributed by atoms with Gasteiger partial charge in [-0.25, -0.2) is 0 Å². The van der Waals surface area contributed by atoms with Gasteiger partial charge in [0.1, 0.15) is 5.75 Å². The number of nitrogens with zero attached hydrogens (tertiary/aromatic N) is 3. The quantitative estimate of drug-likeness (QED) is 0.849. The van der Waals surface area contributed by atoms with Gasteiger partial charge in [-0.15, -0.1) is 0 Å². The Labute approximate surface area is 140 Å². The lowest BCUT2D eigenvalue weighted by Gasteiger charge is -2.36. The maximum absolute atomic E-state index is 5.75. The lowest BCUT2D eigenvalue weighted by molar-refractivity contribution is -0.186. The van der Waals surface area contributed by atoms with Crippen LogP contribution in [0.2, 0.25) is 0 Å². The Balaban J connectivity index is 1.37. The summed E-state index contributed by atoms with van der Waals surface area (Å²) in [7, 11) is 1.64. The first-order chi connectivity index (χ1) is 11.8. The Bertz CT molecular complexity index is 669. The summed E-state index contributed by atoms with van der Waals surface area (Å²) < 4.78 is 22.1. The number of ether oxygens (including phenoxy) is 3. The van der Waals surface area contributed by atoms with Crippen LogP contribution in [0.5, 0.6) is 5.75 Å². The minimum Gasteiger partial charge on any atom is -0.497 e. The zero-order chi connectivity index (χ0) is 16.4. The normalized spacial score (nSPS) is 20.5. The van der Waals surface area contributed by atoms with Crippen molar-refractivity contribution in [2.24, 2.45) is 0 Å². The van der Waals surface area contributed by atoms with Crippen LogP contribution in [0.15, 0.2) is 28.8 Å². The lowest BCUT2D eigenvalue weighted by atomic mass is 10.0. The van der Waals surface area contributed by atoms with Crippen LogP contribution in [0.3, 0.4) is 0 Å². The molecule has 0 N–H and O–H groups in total. The SMILES string of the molecule is COc1ccc(-c2noc(CN3CCC4(CC3)OCCO4)n2)cc1. The molecule has 7 heteroatoms. The van der Waals surface area contributed by atoms with Crippen molar-refractivity contribution in [1.29, 1.82) is 0 Å². The highest BCUT2D eigenvalue weighted by atomic mass is 16.7. The molecule has 2 saturated heterocycles. The van der Waals surface area contributed by atoms with E-state index in [0.717, 1.165) is 37.2 Å². The number of methoxy groups -OCH3 is 1. The van der Waals surface area contributed by atoms with Crippen LogP contribution in [-0.4, -0.2) is 54.2 Å². The Morgan fingerprint density at radius 2 is 1.83 bits per heavy atom. The fourth-order valence-electron chi connectivity index (χ4n) is 3.21. The number of likely N-dealkylation sites (tertiary alicyclic amines) is 1. The second-order valence-electron chi connectivity index (χ2n) is 6.12. The third kappa shape index (κ3) is 3.15. The van der Waals surface area contributed by atoms with Crippen LogP contribution in [0, 0.1) is 0 Å². The van der Waals surface area contributed by atoms with Crippen molar-refractivity contribution in [3.63, 3.8) is 0 Å². The van der Waals surface area contributed by atoms with E-state index in [0.29, 0.717) is 31.5 Å². The van der Waals surface area contributed by atoms with Crippen LogP contribution >= 0.6 is 0 Å². The number of hydrogen-bond acceptors (Lipinski definition) is 7. The van der Waals surface area contributed by atoms with Gasteiger partial charge in [0.25, 0.3) is 0 Å². The zero-order valence-corrected chi connectivity index (χ0v) is 13.7. The van der Waals surface area contributed by atoms with Crippen LogP contribution in [0.4, 0.5) is 0 Å². The van der Waals surface area contributed by atoms with Gasteiger partial charge in [-0.1, -0.05) is 5.16 Å². The van der Waals surface area contributed by atoms with E-state index < -0.39 is 0 Å². The Morgan fingerprint density at radius 1 is 1.12 bits per heavy atom. The molecule has 0 atom stereocenters. The molecular weight excluding hydrogens is 310 g/mol. The van der Waals surface area contributed by atoms with Crippen LogP contribution in [0.1, 0.15) is 18.7 Å². The average molecular weight is 331 g/mol. The Kier molecular flexibility index (Phi) is 4.22. The first-order valence-corrected chi connectivity index (χ1v) is 8.24. The molecule has 3 heterocycles. The molecule has 0 unspecified atom stereocenters. The van der Waals surface area contributed by atoms with E-state index in [-0.39, 0.29) is 5.79 Å². The van der Waals surface area contributed by atoms with Crippen molar-refractivity contribution in [2.45, 2.75) is 25.2 Å². The van der Waals surface area contributed by atoms with E-state index in [1.165, 1.54) is 0 Å². The predicted octanol–water partition coefficient (Wildman–Crippen LogP) is 2.08. The Morgan fingerprint density at radius 3 is 2.50 bits per heavy atom. The van der Waals surface area contributed by atoms with E-state index in [1.54, 1.807) is 7.11 Å². The summed E-state index contributed by atoms with van der Waals surface area (Å²) in [5, 5.41) is 4.08. The molecule has 1 spiro atoms. The van der Waals surface area contributed by atoms with Crippen molar-refractivity contribution in [2.75, 3.05) is 33.4 Å². The summed E-state index contributed by atoms with van der Waals surface area (Å²) in [5.41, 5.74) is 0.913. The molecule has 128 valence electrons. The number of hydrogen-bond donors (Lipinski definition) is 0. The molecule has 1 aromatic carbocycles. The van der Waals surface area contributed by atoms with Crippen LogP contribution in [-0.2, 0) is 16.0 Å². The fourth-order valence-corrected chi connectivity index (χ4v) is 3.21. The summed E-state index contributed by atoms with van der Waals surface area (Å²) >= 11 is 0. The smallest absolute Gasteiger partial charge is 0.241 e. The molecular formula is C17H21N3O4. The molecule has 0 saturated carbocycles. The third-order valence-corrected chi connectivity index (χ3v) is 4.61. The summed E-state index contributed by atoms with van der Waals surface area (Å²) in [6, 6.07) is 7.62. The highest BCUT2D eigenvalue weighted by Gasteiger charge is 2.39. The summed E-state index contributed by atoms with van der Waals surface area (Å²) in [6.07, 6.45) is 1.76. The standard InChI is InChI=1S/C17H21N3O4/c1-21-14-4-2-13(3-5-14)16-18-15(24-19-16)12-20-8-6-17(7-9-20)22-10-11-23-17/h2-5H,6-12H2,1H3. The summed E-state index contributed by atoms with van der Waals surface area (Å²) in [5.74, 6) is 1.69. The molecule has 0 aliphatic carbocycles. The predicted molar refractivity (Wildman–Crippen MR) is 85.4 cm³/mol. The van der Waals surface area contributed by atoms with Gasteiger partial charge in [0, 0.05) is 31.5 Å². The maximum Gasteiger partial charge on any atom is 0.241 e. The van der Waals surface area contributed by atoms with Crippen molar-refractivity contribution >= 4 is 0 Å². The van der Waals surface area contributed by atoms with Gasteiger partial charge >= 0.3 is 0 Å². The van der Waals surface area contributed by atoms with Crippen molar-refractivity contribution in [3.8, 4) is 17.1 Å². The minimum absolute atomic E-state index is 0.348. The first-order valence-electron chi connectivity index (χ1n) is 8.24. The molecule has 1 aromatic heterocycles. The van der Waals surface area contributed by atoms with Gasteiger partial charge in [-0.05, 0) is 24.3 Å². The van der Waals surface area contributed by atoms with E-state index in [9.17, 15) is 0 Å². The molecule has 24 heavy (non-hydrogen) atoms. The van der Waals surface area contributed by atoms with Gasteiger partial charge in [0.05, 0.1) is 26.9 Å². The molecule has 0 amide bonds. The number of benzene rings is 1. The van der Waals surface area contributed by atoms with Gasteiger partial charge in [0.2, 0.25) is 11.7 Å². The lowest BCUT2D eigenvalue weighted by Crippen LogP contribution is -2.44. The van der Waals surface area contributed by atoms with Crippen molar-refractivity contribution in [1.82, 2.24) is 15.0 Å². The monoisotopic (exact) mass is 331 g/mol. The average Bonchev–Trinajstić information content (AvgIpc) is 3.27. The molecule has 2 fully saturated rings. The van der Waals surface area contributed by atoms with E-state index in [1.807, 2.05) is 24.3 Å². The Hall–Kier alpha value is -1.96. The van der Waals surface area contributed by atoms with Crippen LogP contribution < -0.4 is 4.74 Å². The van der Waals surface area contributed by atoms with Crippen molar-refractivity contribution in [3.05, 3.63) is 30.2 Å². The molecule has 2 aliphatic rings. The highest BCUT2D eigenvalue weighted by Crippen LogP contribution is 2.31. The number of aromatic nitrogens is 2. The molecule has 4 rings (SSSR count).